The van der Waals surface area contributed by atoms with Gasteiger partial charge in [0.05, 0.1) is 21.5 Å². The summed E-state index contributed by atoms with van der Waals surface area (Å²) in [6, 6.07) is 11.3. The lowest BCUT2D eigenvalue weighted by molar-refractivity contribution is -0.480. The van der Waals surface area contributed by atoms with Crippen LogP contribution in [0.1, 0.15) is 115 Å². The van der Waals surface area contributed by atoms with Crippen molar-refractivity contribution in [3.63, 3.8) is 0 Å². The molecular weight excluding hydrogens is 945 g/mol. The van der Waals surface area contributed by atoms with Gasteiger partial charge in [0.25, 0.3) is 11.5 Å². The quantitative estimate of drug-likeness (QED) is 0.124. The number of nitrogens with one attached hydrogen (secondary N) is 2. The smallest absolute Gasteiger partial charge is 0.388 e. The van der Waals surface area contributed by atoms with Crippen molar-refractivity contribution in [2.24, 2.45) is 13.0 Å². The average molecular weight is 1010 g/mol. The highest BCUT2D eigenvalue weighted by molar-refractivity contribution is 5.95. The zero-order valence-corrected chi connectivity index (χ0v) is 43.2. The van der Waals surface area contributed by atoms with Gasteiger partial charge in [-0.15, -0.1) is 0 Å². The van der Waals surface area contributed by atoms with E-state index in [9.17, 15) is 24.1 Å². The Labute approximate surface area is 429 Å². The molecule has 390 valence electrons. The molecule has 74 heavy (non-hydrogen) atoms. The normalized spacial score (nSPS) is 21.9. The van der Waals surface area contributed by atoms with Crippen molar-refractivity contribution in [2.45, 2.75) is 96.4 Å². The third-order valence-electron chi connectivity index (χ3n) is 16.8. The van der Waals surface area contributed by atoms with Crippen LogP contribution in [0.4, 0.5) is 20.3 Å². The molecule has 2 aromatic carbocycles. The number of likely N-dealkylation sites (tertiary alicyclic amines) is 1. The number of halogens is 2. The van der Waals surface area contributed by atoms with Crippen molar-refractivity contribution in [1.29, 1.82) is 0 Å². The molecular formula is C56H68F2N11O5+. The van der Waals surface area contributed by atoms with E-state index < -0.39 is 17.8 Å². The molecule has 2 amide bonds. The van der Waals surface area contributed by atoms with Gasteiger partial charge in [-0.05, 0) is 113 Å². The van der Waals surface area contributed by atoms with Crippen LogP contribution in [0, 0.1) is 29.4 Å². The minimum atomic E-state index is -0.919. The molecule has 3 aromatic heterocycles. The van der Waals surface area contributed by atoms with Gasteiger partial charge in [-0.25, -0.2) is 18.4 Å². The third-order valence-corrected chi connectivity index (χ3v) is 16.8. The third kappa shape index (κ3) is 9.26. The maximum absolute atomic E-state index is 16.2. The second kappa shape index (κ2) is 20.0. The molecule has 5 aliphatic heterocycles. The molecule has 3 atom stereocenters. The van der Waals surface area contributed by atoms with Crippen LogP contribution < -0.4 is 21.9 Å². The lowest BCUT2D eigenvalue weighted by atomic mass is 9.92. The Morgan fingerprint density at radius 1 is 0.892 bits per heavy atom. The number of hydrogen-bond acceptors (Lipinski definition) is 10. The number of benzene rings is 2. The predicted molar refractivity (Wildman–Crippen MR) is 282 cm³/mol. The van der Waals surface area contributed by atoms with E-state index in [1.165, 1.54) is 16.7 Å². The van der Waals surface area contributed by atoms with Gasteiger partial charge in [0.15, 0.2) is 6.04 Å². The van der Waals surface area contributed by atoms with E-state index in [1.54, 1.807) is 28.3 Å². The number of carbonyl (C=O) groups is 2. The molecule has 0 radical (unpaired) electrons. The van der Waals surface area contributed by atoms with Gasteiger partial charge in [0, 0.05) is 161 Å². The fourth-order valence-electron chi connectivity index (χ4n) is 12.5. The SMILES string of the molecule is CNc1ccn(C2=CC(C)Nc3c2cc([C@H](C)N2CC=C(c4c(C)cc(C(=O)N5CCC(CN6CCN(Cc7cc8c(cc7F)n(C7CCC[N+](=O)C7=O)c(=O)n8C7CC7)CC6)CC5)cc4F)CC2)n3C)c(=O)c1. The van der Waals surface area contributed by atoms with Crippen LogP contribution in [0.2, 0.25) is 0 Å². The zero-order chi connectivity index (χ0) is 51.7. The number of nitroso groups, excluding NO2 is 1. The number of aryl methyl sites for hydroxylation is 1. The summed E-state index contributed by atoms with van der Waals surface area (Å²) < 4.78 is 39.4. The van der Waals surface area contributed by atoms with Crippen molar-refractivity contribution in [2.75, 3.05) is 83.1 Å². The molecule has 1 aliphatic carbocycles. The summed E-state index contributed by atoms with van der Waals surface area (Å²) >= 11 is 0. The van der Waals surface area contributed by atoms with Gasteiger partial charge in [0.2, 0.25) is 6.54 Å². The second-order valence-corrected chi connectivity index (χ2v) is 21.6. The Morgan fingerprint density at radius 3 is 2.32 bits per heavy atom. The van der Waals surface area contributed by atoms with Crippen molar-refractivity contribution in [3.05, 3.63) is 132 Å². The molecule has 0 spiro atoms. The van der Waals surface area contributed by atoms with Crippen molar-refractivity contribution in [1.82, 2.24) is 37.9 Å². The zero-order valence-electron chi connectivity index (χ0n) is 43.2. The van der Waals surface area contributed by atoms with Crippen LogP contribution in [0.3, 0.4) is 0 Å². The van der Waals surface area contributed by atoms with E-state index in [1.807, 2.05) is 30.2 Å². The first-order valence-corrected chi connectivity index (χ1v) is 26.7. The number of anilines is 2. The van der Waals surface area contributed by atoms with Gasteiger partial charge < -0.3 is 25.0 Å². The van der Waals surface area contributed by atoms with Crippen molar-refractivity contribution < 1.29 is 23.1 Å². The Morgan fingerprint density at radius 2 is 1.64 bits per heavy atom. The summed E-state index contributed by atoms with van der Waals surface area (Å²) in [6.45, 7) is 13.4. The summed E-state index contributed by atoms with van der Waals surface area (Å²) in [4.78, 5) is 74.8. The number of carbonyl (C=O) groups excluding carboxylic acids is 2. The number of aromatic nitrogens is 4. The molecule has 11 rings (SSSR count). The highest BCUT2D eigenvalue weighted by Crippen LogP contribution is 2.40. The first kappa shape index (κ1) is 49.7. The molecule has 3 saturated heterocycles. The highest BCUT2D eigenvalue weighted by atomic mass is 19.1. The Hall–Kier alpha value is -6.50. The number of fused-ring (bicyclic) bond motifs is 2. The van der Waals surface area contributed by atoms with Gasteiger partial charge in [0.1, 0.15) is 17.5 Å². The minimum absolute atomic E-state index is 0.0155. The van der Waals surface area contributed by atoms with E-state index in [2.05, 4.69) is 69.0 Å². The van der Waals surface area contributed by atoms with Crippen LogP contribution in [-0.2, 0) is 18.4 Å². The molecule has 2 N–H and O–H groups in total. The fraction of sp³-hybridized carbons (Fsp3) is 0.500. The molecule has 2 unspecified atom stereocenters. The minimum Gasteiger partial charge on any atom is -0.388 e. The molecule has 8 heterocycles. The largest absolute Gasteiger partial charge is 0.455 e. The van der Waals surface area contributed by atoms with Gasteiger partial charge in [-0.3, -0.25) is 33.1 Å². The number of rotatable bonds is 12. The number of piperidine rings is 2. The first-order valence-electron chi connectivity index (χ1n) is 26.7. The summed E-state index contributed by atoms with van der Waals surface area (Å²) in [5.74, 6) is -0.176. The number of imidazole rings is 1. The molecule has 5 aromatic rings. The van der Waals surface area contributed by atoms with Crippen LogP contribution in [0.15, 0.2) is 70.4 Å². The van der Waals surface area contributed by atoms with Crippen LogP contribution in [-0.4, -0.2) is 133 Å². The molecule has 1 saturated carbocycles. The standard InChI is InChI=1S/C56H67F2N11O5/c1-34-25-39(27-45(58)52(34)38-12-18-64(19-13-38)36(3)47-30-43-48(26-35(2)60-53(43)61(47)5)66-20-14-41(59-4)29-51(66)70)54(71)65-16-10-37(11-17-65)32-62-21-23-63(24-22-62)33-40-28-49-50(31-44(40)57)69(56(73)68(49)42-8-9-42)46-7-6-15-67(74)55(46)72/h12,14,20,25-31,35-37,42,46,60H,6-11,13,15-19,21-24,32-33H2,1-5H3/p+1/t35?,36-,46?/m0/s1. The lowest BCUT2D eigenvalue weighted by Gasteiger charge is -2.39. The van der Waals surface area contributed by atoms with Crippen LogP contribution >= 0.6 is 0 Å². The van der Waals surface area contributed by atoms with Gasteiger partial charge in [-0.1, -0.05) is 6.08 Å². The molecule has 16 nitrogen and oxygen atoms in total. The van der Waals surface area contributed by atoms with Crippen LogP contribution in [0.5, 0.6) is 0 Å². The summed E-state index contributed by atoms with van der Waals surface area (Å²) in [7, 11) is 3.85. The van der Waals surface area contributed by atoms with Crippen molar-refractivity contribution in [3.8, 4) is 0 Å². The fourth-order valence-corrected chi connectivity index (χ4v) is 12.5. The monoisotopic (exact) mass is 1010 g/mol. The Balaban J connectivity index is 0.674. The number of amides is 2. The van der Waals surface area contributed by atoms with E-state index in [0.717, 1.165) is 105 Å². The number of hydrogen-bond donors (Lipinski definition) is 2. The van der Waals surface area contributed by atoms with E-state index in [0.29, 0.717) is 83.8 Å². The van der Waals surface area contributed by atoms with Gasteiger partial charge >= 0.3 is 11.6 Å². The van der Waals surface area contributed by atoms with E-state index in [4.69, 9.17) is 0 Å². The average Bonchev–Trinajstić information content (AvgIpc) is 4.12. The maximum Gasteiger partial charge on any atom is 0.455 e. The molecule has 6 aliphatic rings. The topological polar surface area (TPSA) is 145 Å². The Kier molecular flexibility index (Phi) is 13.4. The summed E-state index contributed by atoms with van der Waals surface area (Å²) in [5, 5.41) is 6.64. The van der Waals surface area contributed by atoms with Crippen molar-refractivity contribution >= 4 is 45.6 Å². The number of pyridine rings is 1. The van der Waals surface area contributed by atoms with Crippen LogP contribution in [0.25, 0.3) is 22.3 Å². The maximum atomic E-state index is 16.2. The highest BCUT2D eigenvalue weighted by Gasteiger charge is 2.42. The molecule has 4 fully saturated rings. The number of nitrogens with zero attached hydrogens (tertiary/aromatic N) is 9. The van der Waals surface area contributed by atoms with E-state index >= 15 is 8.78 Å². The number of piperazine rings is 1. The van der Waals surface area contributed by atoms with E-state index in [-0.39, 0.29) is 47.6 Å². The summed E-state index contributed by atoms with van der Waals surface area (Å²) in [5.41, 5.74) is 7.44. The molecule has 0 bridgehead atoms. The second-order valence-electron chi connectivity index (χ2n) is 21.6. The molecule has 18 heteroatoms. The Bertz CT molecular complexity index is 3230. The lowest BCUT2D eigenvalue weighted by Crippen LogP contribution is -2.48. The first-order chi connectivity index (χ1) is 35.6. The van der Waals surface area contributed by atoms with Gasteiger partial charge in [-0.2, -0.15) is 0 Å². The summed E-state index contributed by atoms with van der Waals surface area (Å²) in [6.07, 6.45) is 11.0. The predicted octanol–water partition coefficient (Wildman–Crippen LogP) is 7.13.